The van der Waals surface area contributed by atoms with Crippen LogP contribution in [-0.2, 0) is 20.7 Å². The van der Waals surface area contributed by atoms with Gasteiger partial charge in [-0.05, 0) is 31.8 Å². The number of nitrogens with zero attached hydrogens (tertiary/aromatic N) is 3. The largest absolute Gasteiger partial charge is 0.460 e. The second kappa shape index (κ2) is 13.5. The Morgan fingerprint density at radius 3 is 2.74 bits per heavy atom. The number of aliphatic hydroxyl groups excluding tert-OH is 1. The highest BCUT2D eigenvalue weighted by molar-refractivity contribution is 5.94. The third-order valence-electron chi connectivity index (χ3n) is 6.55. The summed E-state index contributed by atoms with van der Waals surface area (Å²) in [6.07, 6.45) is 5.57. The van der Waals surface area contributed by atoms with Gasteiger partial charge in [0.15, 0.2) is 0 Å². The second-order valence-electron chi connectivity index (χ2n) is 10.2. The van der Waals surface area contributed by atoms with Gasteiger partial charge in [0.2, 0.25) is 11.8 Å². The molecule has 11 heteroatoms. The third kappa shape index (κ3) is 8.08. The molecule has 0 saturated carbocycles. The first-order valence-electron chi connectivity index (χ1n) is 13.0. The van der Waals surface area contributed by atoms with E-state index in [1.54, 1.807) is 25.2 Å². The Kier molecular flexibility index (Phi) is 10.3. The second-order valence-corrected chi connectivity index (χ2v) is 10.2. The molecule has 0 aromatic carbocycles. The molecule has 5 atom stereocenters. The summed E-state index contributed by atoms with van der Waals surface area (Å²) in [7, 11) is 0. The summed E-state index contributed by atoms with van der Waals surface area (Å²) < 4.78 is 25.5. The van der Waals surface area contributed by atoms with Crippen LogP contribution in [0.25, 0.3) is 0 Å². The van der Waals surface area contributed by atoms with E-state index in [9.17, 15) is 23.9 Å². The molecule has 0 spiro atoms. The maximum atomic E-state index is 14.6. The highest BCUT2D eigenvalue weighted by atomic mass is 19.1. The Morgan fingerprint density at radius 2 is 2.00 bits per heavy atom. The van der Waals surface area contributed by atoms with Crippen LogP contribution in [0.4, 0.5) is 4.39 Å². The normalized spacial score (nSPS) is 29.4. The molecule has 3 rings (SSSR count). The number of aromatic nitrogens is 2. The van der Waals surface area contributed by atoms with E-state index in [-0.39, 0.29) is 48.8 Å². The van der Waals surface area contributed by atoms with E-state index < -0.39 is 36.3 Å². The van der Waals surface area contributed by atoms with Gasteiger partial charge in [-0.25, -0.2) is 9.18 Å². The average molecular weight is 533 g/mol. The Hall–Kier alpha value is -3.34. The summed E-state index contributed by atoms with van der Waals surface area (Å²) in [6.45, 7) is 8.04. The van der Waals surface area contributed by atoms with Crippen LogP contribution in [0.15, 0.2) is 40.5 Å². The van der Waals surface area contributed by atoms with Crippen LogP contribution in [0.3, 0.4) is 0 Å². The van der Waals surface area contributed by atoms with Gasteiger partial charge in [-0.15, -0.1) is 0 Å². The van der Waals surface area contributed by atoms with Crippen molar-refractivity contribution in [1.29, 1.82) is 0 Å². The molecule has 2 aliphatic rings. The van der Waals surface area contributed by atoms with Gasteiger partial charge in [-0.2, -0.15) is 4.98 Å². The van der Waals surface area contributed by atoms with E-state index in [4.69, 9.17) is 9.26 Å². The van der Waals surface area contributed by atoms with Crippen molar-refractivity contribution in [2.45, 2.75) is 77.8 Å². The molecule has 0 radical (unpaired) electrons. The highest BCUT2D eigenvalue weighted by Crippen LogP contribution is 2.25. The monoisotopic (exact) mass is 532 g/mol. The topological polar surface area (TPSA) is 135 Å². The van der Waals surface area contributed by atoms with E-state index >= 15 is 0 Å². The highest BCUT2D eigenvalue weighted by Gasteiger charge is 2.39. The lowest BCUT2D eigenvalue weighted by atomic mass is 9.94. The first-order valence-corrected chi connectivity index (χ1v) is 13.0. The number of nitrogens with one attached hydrogen (secondary N) is 1. The number of hydrogen-bond acceptors (Lipinski definition) is 8. The predicted molar refractivity (Wildman–Crippen MR) is 137 cm³/mol. The lowest BCUT2D eigenvalue weighted by Crippen LogP contribution is -2.44. The van der Waals surface area contributed by atoms with Crippen molar-refractivity contribution >= 4 is 17.8 Å². The van der Waals surface area contributed by atoms with Crippen LogP contribution < -0.4 is 5.32 Å². The van der Waals surface area contributed by atoms with Gasteiger partial charge < -0.3 is 24.6 Å². The standard InChI is InChI=1S/C27H37FN4O6/c1-16(2)24-18(4)9-10-22(34)29-11-5-7-17(3)13-20(33)14-19(28)15-23-30-25(31-38-23)26(35)32-12-6-8-21(32)27(36)37-24/h5,7,9-10,13,16,18-21,24,33H,6,8,11-12,14-15H2,1-4H3,(H,29,34)/b7-5?,10-9+,17-13?/t18-,19-,20-,21-,24-/m1/s1. The first-order chi connectivity index (χ1) is 18.0. The van der Waals surface area contributed by atoms with E-state index in [1.165, 1.54) is 17.1 Å². The number of fused-ring (bicyclic) bond motifs is 3. The molecule has 38 heavy (non-hydrogen) atoms. The van der Waals surface area contributed by atoms with Gasteiger partial charge in [-0.3, -0.25) is 9.59 Å². The molecule has 10 nitrogen and oxygen atoms in total. The van der Waals surface area contributed by atoms with E-state index in [0.29, 0.717) is 25.0 Å². The van der Waals surface area contributed by atoms with Crippen molar-refractivity contribution in [1.82, 2.24) is 20.4 Å². The molecular weight excluding hydrogens is 495 g/mol. The molecule has 0 aliphatic carbocycles. The van der Waals surface area contributed by atoms with Gasteiger partial charge in [-0.1, -0.05) is 55.8 Å². The summed E-state index contributed by atoms with van der Waals surface area (Å²) in [4.78, 5) is 43.9. The minimum absolute atomic E-state index is 0.0387. The summed E-state index contributed by atoms with van der Waals surface area (Å²) in [5, 5.41) is 16.7. The van der Waals surface area contributed by atoms with Crippen LogP contribution in [0.2, 0.25) is 0 Å². The molecule has 2 bridgehead atoms. The number of carbonyl (C=O) groups excluding carboxylic acids is 3. The fourth-order valence-electron chi connectivity index (χ4n) is 4.64. The zero-order valence-corrected chi connectivity index (χ0v) is 22.3. The van der Waals surface area contributed by atoms with Crippen LogP contribution in [0.1, 0.15) is 63.5 Å². The number of amides is 2. The van der Waals surface area contributed by atoms with Crippen molar-refractivity contribution in [3.8, 4) is 0 Å². The van der Waals surface area contributed by atoms with Crippen LogP contribution in [0.5, 0.6) is 0 Å². The van der Waals surface area contributed by atoms with Crippen molar-refractivity contribution in [2.24, 2.45) is 11.8 Å². The zero-order chi connectivity index (χ0) is 27.8. The Balaban J connectivity index is 1.85. The summed E-state index contributed by atoms with van der Waals surface area (Å²) in [6, 6.07) is -0.808. The summed E-state index contributed by atoms with van der Waals surface area (Å²) in [5.74, 6) is -2.05. The maximum Gasteiger partial charge on any atom is 0.329 e. The van der Waals surface area contributed by atoms with Crippen molar-refractivity contribution < 1.29 is 33.1 Å². The predicted octanol–water partition coefficient (Wildman–Crippen LogP) is 2.70. The maximum absolute atomic E-state index is 14.6. The number of hydrogen-bond donors (Lipinski definition) is 2. The number of halogens is 1. The molecule has 1 saturated heterocycles. The van der Waals surface area contributed by atoms with Crippen LogP contribution in [-0.4, -0.2) is 75.4 Å². The molecular formula is C27H37FN4O6. The lowest BCUT2D eigenvalue weighted by Gasteiger charge is -2.29. The minimum atomic E-state index is -1.49. The van der Waals surface area contributed by atoms with E-state index in [0.717, 1.165) is 0 Å². The van der Waals surface area contributed by atoms with Crippen LogP contribution in [0, 0.1) is 11.8 Å². The Labute approximate surface area is 222 Å². The van der Waals surface area contributed by atoms with E-state index in [2.05, 4.69) is 15.5 Å². The quantitative estimate of drug-likeness (QED) is 0.527. The number of esters is 1. The molecule has 2 amide bonds. The first kappa shape index (κ1) is 29.2. The number of rotatable bonds is 1. The average Bonchev–Trinajstić information content (AvgIpc) is 3.52. The molecule has 1 fully saturated rings. The molecule has 0 unspecified atom stereocenters. The Bertz CT molecular complexity index is 1080. The molecule has 2 aliphatic heterocycles. The molecule has 1 aromatic heterocycles. The molecule has 3 heterocycles. The minimum Gasteiger partial charge on any atom is -0.460 e. The molecule has 2 N–H and O–H groups in total. The third-order valence-corrected chi connectivity index (χ3v) is 6.55. The number of allylic oxidation sites excluding steroid dienone is 2. The molecule has 208 valence electrons. The van der Waals surface area contributed by atoms with Crippen molar-refractivity contribution in [3.63, 3.8) is 0 Å². The van der Waals surface area contributed by atoms with E-state index in [1.807, 2.05) is 20.8 Å². The SMILES string of the molecule is CC1=C[C@@H](O)C[C@@H](F)Cc2nc(no2)C(=O)N2CCC[C@@H]2C(=O)O[C@H](C(C)C)[C@H](C)/C=C/C(=O)NCC=C1. The number of carbonyl (C=O) groups is 3. The lowest BCUT2D eigenvalue weighted by molar-refractivity contribution is -0.158. The van der Waals surface area contributed by atoms with Gasteiger partial charge >= 0.3 is 5.97 Å². The van der Waals surface area contributed by atoms with Gasteiger partial charge in [0.05, 0.1) is 12.5 Å². The zero-order valence-electron chi connectivity index (χ0n) is 22.3. The fraction of sp³-hybridized carbons (Fsp3) is 0.593. The Morgan fingerprint density at radius 1 is 1.24 bits per heavy atom. The summed E-state index contributed by atoms with van der Waals surface area (Å²) in [5.41, 5.74) is 0.703. The van der Waals surface area contributed by atoms with Gasteiger partial charge in [0, 0.05) is 25.4 Å². The summed E-state index contributed by atoms with van der Waals surface area (Å²) >= 11 is 0. The molecule has 1 aromatic rings. The number of aliphatic hydroxyl groups is 1. The number of cyclic esters (lactones) is 1. The smallest absolute Gasteiger partial charge is 0.329 e. The number of ether oxygens (including phenoxy) is 1. The number of alkyl halides is 1. The fourth-order valence-corrected chi connectivity index (χ4v) is 4.64. The van der Waals surface area contributed by atoms with Crippen LogP contribution >= 0.6 is 0 Å². The van der Waals surface area contributed by atoms with Gasteiger partial charge in [0.1, 0.15) is 18.3 Å². The van der Waals surface area contributed by atoms with Gasteiger partial charge in [0.25, 0.3) is 11.7 Å². The van der Waals surface area contributed by atoms with Crippen molar-refractivity contribution in [3.05, 3.63) is 47.7 Å². The van der Waals surface area contributed by atoms with Crippen molar-refractivity contribution in [2.75, 3.05) is 13.1 Å².